The first kappa shape index (κ1) is 19.3. The van der Waals surface area contributed by atoms with Gasteiger partial charge in [0.1, 0.15) is 0 Å². The van der Waals surface area contributed by atoms with Gasteiger partial charge in [-0.2, -0.15) is 0 Å². The second-order valence-corrected chi connectivity index (χ2v) is 7.25. The average Bonchev–Trinajstić information content (AvgIpc) is 3.04. The van der Waals surface area contributed by atoms with Gasteiger partial charge in [-0.3, -0.25) is 19.3 Å². The number of hydrogen-bond acceptors (Lipinski definition) is 6. The first-order valence-electron chi connectivity index (χ1n) is 8.71. The highest BCUT2D eigenvalue weighted by Gasteiger charge is 2.37. The lowest BCUT2D eigenvalue weighted by Gasteiger charge is -2.35. The molecule has 0 spiro atoms. The normalized spacial score (nSPS) is 18.4. The van der Waals surface area contributed by atoms with E-state index in [-0.39, 0.29) is 28.8 Å². The molecule has 27 heavy (non-hydrogen) atoms. The Morgan fingerprint density at radius 1 is 1.15 bits per heavy atom. The smallest absolute Gasteiger partial charge is 0.289 e. The molecule has 0 unspecified atom stereocenters. The summed E-state index contributed by atoms with van der Waals surface area (Å²) in [6.45, 7) is 1.06. The fraction of sp³-hybridized carbons (Fsp3) is 0.421. The highest BCUT2D eigenvalue weighted by Crippen LogP contribution is 2.28. The lowest BCUT2D eigenvalue weighted by Crippen LogP contribution is -2.48. The van der Waals surface area contributed by atoms with Crippen LogP contribution in [0, 0.1) is 0 Å². The predicted molar refractivity (Wildman–Crippen MR) is 103 cm³/mol. The Balaban J connectivity index is 1.57. The molecule has 0 N–H and O–H groups in total. The van der Waals surface area contributed by atoms with E-state index in [2.05, 4.69) is 0 Å². The molecule has 8 heteroatoms. The number of rotatable bonds is 5. The Labute approximate surface area is 162 Å². The fourth-order valence-electron chi connectivity index (χ4n) is 3.29. The van der Waals surface area contributed by atoms with Gasteiger partial charge in [-0.05, 0) is 36.6 Å². The van der Waals surface area contributed by atoms with Crippen molar-refractivity contribution < 1.29 is 23.9 Å². The SMILES string of the molecule is COc1ccc(/C=C/C(=O)N2CCC(N3C(=O)CSC3=O)CC2)cc1OC. The van der Waals surface area contributed by atoms with Crippen LogP contribution < -0.4 is 9.47 Å². The summed E-state index contributed by atoms with van der Waals surface area (Å²) in [5, 5.41) is -0.168. The molecule has 2 heterocycles. The fourth-order valence-corrected chi connectivity index (χ4v) is 4.07. The van der Waals surface area contributed by atoms with Gasteiger partial charge in [0.15, 0.2) is 11.5 Å². The molecule has 1 aromatic carbocycles. The van der Waals surface area contributed by atoms with Crippen molar-refractivity contribution in [2.24, 2.45) is 0 Å². The summed E-state index contributed by atoms with van der Waals surface area (Å²) < 4.78 is 10.5. The van der Waals surface area contributed by atoms with Gasteiger partial charge in [0.2, 0.25) is 11.8 Å². The van der Waals surface area contributed by atoms with Gasteiger partial charge >= 0.3 is 0 Å². The largest absolute Gasteiger partial charge is 0.493 e. The first-order chi connectivity index (χ1) is 13.0. The maximum absolute atomic E-state index is 12.4. The van der Waals surface area contributed by atoms with E-state index >= 15 is 0 Å². The summed E-state index contributed by atoms with van der Waals surface area (Å²) in [7, 11) is 3.14. The van der Waals surface area contributed by atoms with Gasteiger partial charge in [0.25, 0.3) is 5.24 Å². The van der Waals surface area contributed by atoms with Gasteiger partial charge in [0.05, 0.1) is 20.0 Å². The Bertz CT molecular complexity index is 755. The second kappa shape index (κ2) is 8.47. The van der Waals surface area contributed by atoms with Crippen LogP contribution in [0.2, 0.25) is 0 Å². The minimum absolute atomic E-state index is 0.0864. The minimum atomic E-state index is -0.168. The van der Waals surface area contributed by atoms with Crippen molar-refractivity contribution in [3.05, 3.63) is 29.8 Å². The summed E-state index contributed by atoms with van der Waals surface area (Å²) in [4.78, 5) is 39.2. The molecule has 0 aromatic heterocycles. The summed E-state index contributed by atoms with van der Waals surface area (Å²) in [6.07, 6.45) is 4.51. The number of ether oxygens (including phenoxy) is 2. The number of amides is 3. The van der Waals surface area contributed by atoms with E-state index in [0.717, 1.165) is 17.3 Å². The third-order valence-corrected chi connectivity index (χ3v) is 5.59. The number of likely N-dealkylation sites (tertiary alicyclic amines) is 1. The molecule has 0 saturated carbocycles. The van der Waals surface area contributed by atoms with E-state index < -0.39 is 0 Å². The van der Waals surface area contributed by atoms with Crippen LogP contribution in [-0.2, 0) is 9.59 Å². The molecule has 7 nitrogen and oxygen atoms in total. The maximum atomic E-state index is 12.4. The molecule has 2 aliphatic heterocycles. The molecule has 2 fully saturated rings. The minimum Gasteiger partial charge on any atom is -0.493 e. The van der Waals surface area contributed by atoms with Gasteiger partial charge in [-0.15, -0.1) is 0 Å². The molecular weight excluding hydrogens is 368 g/mol. The van der Waals surface area contributed by atoms with Crippen LogP contribution in [0.3, 0.4) is 0 Å². The highest BCUT2D eigenvalue weighted by atomic mass is 32.2. The van der Waals surface area contributed by atoms with Crippen molar-refractivity contribution in [2.75, 3.05) is 33.1 Å². The van der Waals surface area contributed by atoms with Crippen molar-refractivity contribution in [2.45, 2.75) is 18.9 Å². The zero-order valence-corrected chi connectivity index (χ0v) is 16.2. The number of benzene rings is 1. The van der Waals surface area contributed by atoms with Crippen LogP contribution in [0.4, 0.5) is 4.79 Å². The van der Waals surface area contributed by atoms with Crippen LogP contribution in [0.25, 0.3) is 6.08 Å². The zero-order chi connectivity index (χ0) is 19.4. The van der Waals surface area contributed by atoms with Crippen molar-refractivity contribution >= 4 is 34.9 Å². The Kier molecular flexibility index (Phi) is 6.05. The number of hydrogen-bond donors (Lipinski definition) is 0. The number of nitrogens with zero attached hydrogens (tertiary/aromatic N) is 2. The second-order valence-electron chi connectivity index (χ2n) is 6.32. The quantitative estimate of drug-likeness (QED) is 0.719. The molecule has 144 valence electrons. The van der Waals surface area contributed by atoms with E-state index in [1.807, 2.05) is 6.07 Å². The number of imide groups is 1. The Hall–Kier alpha value is -2.48. The van der Waals surface area contributed by atoms with E-state index in [4.69, 9.17) is 9.47 Å². The van der Waals surface area contributed by atoms with Gasteiger partial charge < -0.3 is 14.4 Å². The number of thioether (sulfide) groups is 1. The third kappa shape index (κ3) is 4.27. The summed E-state index contributed by atoms with van der Waals surface area (Å²) in [5.41, 5.74) is 0.834. The van der Waals surface area contributed by atoms with Crippen LogP contribution >= 0.6 is 11.8 Å². The molecular formula is C19H22N2O5S. The van der Waals surface area contributed by atoms with Gasteiger partial charge in [0, 0.05) is 25.2 Å². The molecule has 2 saturated heterocycles. The van der Waals surface area contributed by atoms with Crippen LogP contribution in [0.1, 0.15) is 18.4 Å². The first-order valence-corrected chi connectivity index (χ1v) is 9.70. The average molecular weight is 390 g/mol. The lowest BCUT2D eigenvalue weighted by atomic mass is 10.0. The van der Waals surface area contributed by atoms with E-state index in [0.29, 0.717) is 37.4 Å². The summed E-state index contributed by atoms with van der Waals surface area (Å²) in [6, 6.07) is 5.34. The lowest BCUT2D eigenvalue weighted by molar-refractivity contribution is -0.129. The maximum Gasteiger partial charge on any atom is 0.289 e. The molecule has 3 rings (SSSR count). The van der Waals surface area contributed by atoms with Crippen LogP contribution in [0.5, 0.6) is 11.5 Å². The van der Waals surface area contributed by atoms with Crippen molar-refractivity contribution in [1.29, 1.82) is 0 Å². The topological polar surface area (TPSA) is 76.2 Å². The Morgan fingerprint density at radius 3 is 2.44 bits per heavy atom. The molecule has 0 bridgehead atoms. The van der Waals surface area contributed by atoms with E-state index in [1.165, 1.54) is 11.0 Å². The molecule has 2 aliphatic rings. The predicted octanol–water partition coefficient (Wildman–Crippen LogP) is 2.40. The van der Waals surface area contributed by atoms with Gasteiger partial charge in [-0.1, -0.05) is 17.8 Å². The standard InChI is InChI=1S/C19H22N2O5S/c1-25-15-5-3-13(11-16(15)26-2)4-6-17(22)20-9-7-14(8-10-20)21-18(23)12-27-19(21)24/h3-6,11,14H,7-10,12H2,1-2H3/b6-4+. The molecule has 3 amide bonds. The van der Waals surface area contributed by atoms with Crippen molar-refractivity contribution in [1.82, 2.24) is 9.80 Å². The molecule has 1 aromatic rings. The van der Waals surface area contributed by atoms with Crippen molar-refractivity contribution in [3.63, 3.8) is 0 Å². The van der Waals surface area contributed by atoms with E-state index in [9.17, 15) is 14.4 Å². The van der Waals surface area contributed by atoms with E-state index in [1.54, 1.807) is 37.3 Å². The number of carbonyl (C=O) groups is 3. The Morgan fingerprint density at radius 2 is 1.85 bits per heavy atom. The highest BCUT2D eigenvalue weighted by molar-refractivity contribution is 8.14. The number of methoxy groups -OCH3 is 2. The molecule has 0 atom stereocenters. The monoisotopic (exact) mass is 390 g/mol. The summed E-state index contributed by atoms with van der Waals surface area (Å²) >= 11 is 1.05. The molecule has 0 aliphatic carbocycles. The molecule has 0 radical (unpaired) electrons. The van der Waals surface area contributed by atoms with Crippen molar-refractivity contribution in [3.8, 4) is 11.5 Å². The number of carbonyl (C=O) groups excluding carboxylic acids is 3. The third-order valence-electron chi connectivity index (χ3n) is 4.75. The number of piperidine rings is 1. The zero-order valence-electron chi connectivity index (χ0n) is 15.3. The summed E-state index contributed by atoms with van der Waals surface area (Å²) in [5.74, 6) is 1.25. The van der Waals surface area contributed by atoms with Crippen LogP contribution in [-0.4, -0.2) is 66.0 Å². The van der Waals surface area contributed by atoms with Crippen LogP contribution in [0.15, 0.2) is 24.3 Å². The van der Waals surface area contributed by atoms with Gasteiger partial charge in [-0.25, -0.2) is 0 Å².